The maximum Gasteiger partial charge on any atom is 0.281 e. The number of para-hydroxylation sites is 1. The molecule has 0 bridgehead atoms. The Bertz CT molecular complexity index is 1330. The first-order valence-corrected chi connectivity index (χ1v) is 9.89. The van der Waals surface area contributed by atoms with Crippen LogP contribution in [-0.4, -0.2) is 28.2 Å². The van der Waals surface area contributed by atoms with Crippen molar-refractivity contribution in [1.29, 1.82) is 0 Å². The number of fused-ring (bicyclic) bond motifs is 3. The highest BCUT2D eigenvalue weighted by atomic mass is 32.2. The molecule has 0 saturated heterocycles. The normalized spacial score (nSPS) is 12.7. The molecule has 4 rings (SSSR count). The van der Waals surface area contributed by atoms with Crippen molar-refractivity contribution in [2.45, 2.75) is 36.1 Å². The lowest BCUT2D eigenvalue weighted by Crippen LogP contribution is -2.13. The van der Waals surface area contributed by atoms with Crippen molar-refractivity contribution in [2.75, 3.05) is 0 Å². The van der Waals surface area contributed by atoms with E-state index in [1.165, 1.54) is 4.52 Å². The Morgan fingerprint density at radius 3 is 2.33 bits per heavy atom. The van der Waals surface area contributed by atoms with E-state index >= 15 is 0 Å². The third kappa shape index (κ3) is 2.73. The fourth-order valence-electron chi connectivity index (χ4n) is 2.99. The molecule has 2 aromatic carbocycles. The summed E-state index contributed by atoms with van der Waals surface area (Å²) in [6.45, 7) is 6.16. The van der Waals surface area contributed by atoms with Gasteiger partial charge in [-0.05, 0) is 35.2 Å². The number of rotatable bonds is 2. The van der Waals surface area contributed by atoms with Crippen molar-refractivity contribution < 1.29 is 8.42 Å². The zero-order valence-electron chi connectivity index (χ0n) is 15.1. The highest BCUT2D eigenvalue weighted by Crippen LogP contribution is 2.27. The summed E-state index contributed by atoms with van der Waals surface area (Å²) in [6, 6.07) is 13.5. The summed E-state index contributed by atoms with van der Waals surface area (Å²) in [5.74, 6) is 0. The third-order valence-electron chi connectivity index (χ3n) is 4.52. The molecule has 0 amide bonds. The Balaban J connectivity index is 1.92. The minimum Gasteiger partial charge on any atom is -0.267 e. The van der Waals surface area contributed by atoms with E-state index in [1.807, 2.05) is 0 Å². The minimum atomic E-state index is -3.93. The summed E-state index contributed by atoms with van der Waals surface area (Å²) in [6.07, 6.45) is 0. The molecule has 0 radical (unpaired) electrons. The highest BCUT2D eigenvalue weighted by molar-refractivity contribution is 7.91. The first kappa shape index (κ1) is 17.4. The van der Waals surface area contributed by atoms with Gasteiger partial charge in [0.15, 0.2) is 5.65 Å². The molecule has 0 aliphatic heterocycles. The molecule has 1 N–H and O–H groups in total. The van der Waals surface area contributed by atoms with Gasteiger partial charge < -0.3 is 0 Å². The summed E-state index contributed by atoms with van der Waals surface area (Å²) in [7, 11) is -3.93. The molecule has 7 nitrogen and oxygen atoms in total. The molecule has 0 aliphatic rings. The SMILES string of the molecule is CC(C)(C)c1ccc(S(=O)(=O)c2n[nH]n3c2nc(=O)c2ccccc23)cc1. The van der Waals surface area contributed by atoms with E-state index < -0.39 is 15.4 Å². The second kappa shape index (κ2) is 5.75. The Hall–Kier alpha value is -3.00. The minimum absolute atomic E-state index is 0.0152. The van der Waals surface area contributed by atoms with Crippen LogP contribution in [0.15, 0.2) is 63.2 Å². The Morgan fingerprint density at radius 1 is 1.00 bits per heavy atom. The van der Waals surface area contributed by atoms with Gasteiger partial charge in [-0.1, -0.05) is 45.0 Å². The molecule has 0 saturated carbocycles. The number of sulfone groups is 1. The van der Waals surface area contributed by atoms with Crippen molar-refractivity contribution in [1.82, 2.24) is 19.8 Å². The molecule has 138 valence electrons. The molecule has 27 heavy (non-hydrogen) atoms. The number of aromatic nitrogens is 4. The van der Waals surface area contributed by atoms with Crippen molar-refractivity contribution >= 4 is 26.4 Å². The maximum atomic E-state index is 13.1. The smallest absolute Gasteiger partial charge is 0.267 e. The van der Waals surface area contributed by atoms with E-state index in [-0.39, 0.29) is 21.0 Å². The number of benzene rings is 2. The number of H-pyrrole nitrogens is 1. The molecule has 8 heteroatoms. The van der Waals surface area contributed by atoms with E-state index in [4.69, 9.17) is 0 Å². The standard InChI is InChI=1S/C19H18N4O3S/c1-19(2,3)12-8-10-13(11-9-12)27(25,26)18-16-20-17(24)14-6-4-5-7-15(14)23(16)22-21-18/h4-11,22H,1-3H3. The number of hydrogen-bond acceptors (Lipinski definition) is 5. The lowest BCUT2D eigenvalue weighted by Gasteiger charge is -2.18. The van der Waals surface area contributed by atoms with Crippen LogP contribution in [0.25, 0.3) is 16.6 Å². The second-order valence-corrected chi connectivity index (χ2v) is 9.25. The Morgan fingerprint density at radius 2 is 1.67 bits per heavy atom. The predicted molar refractivity (Wildman–Crippen MR) is 102 cm³/mol. The van der Waals surface area contributed by atoms with Crippen LogP contribution in [0.1, 0.15) is 26.3 Å². The van der Waals surface area contributed by atoms with Gasteiger partial charge in [-0.2, -0.15) is 4.98 Å². The second-order valence-electron chi connectivity index (χ2n) is 7.39. The van der Waals surface area contributed by atoms with Crippen LogP contribution in [-0.2, 0) is 15.3 Å². The van der Waals surface area contributed by atoms with E-state index in [9.17, 15) is 13.2 Å². The molecular weight excluding hydrogens is 364 g/mol. The van der Waals surface area contributed by atoms with Crippen LogP contribution in [0.2, 0.25) is 0 Å². The lowest BCUT2D eigenvalue weighted by molar-refractivity contribution is 0.585. The average Bonchev–Trinajstić information content (AvgIpc) is 3.06. The van der Waals surface area contributed by atoms with E-state index in [2.05, 4.69) is 36.1 Å². The van der Waals surface area contributed by atoms with Crippen molar-refractivity contribution in [3.63, 3.8) is 0 Å². The summed E-state index contributed by atoms with van der Waals surface area (Å²) in [4.78, 5) is 16.4. The first-order valence-electron chi connectivity index (χ1n) is 8.41. The average molecular weight is 382 g/mol. The van der Waals surface area contributed by atoms with E-state index in [0.29, 0.717) is 10.9 Å². The lowest BCUT2D eigenvalue weighted by atomic mass is 9.87. The van der Waals surface area contributed by atoms with Crippen LogP contribution in [0.3, 0.4) is 0 Å². The molecular formula is C19H18N4O3S. The summed E-state index contributed by atoms with van der Waals surface area (Å²) in [5.41, 5.74) is 0.943. The summed E-state index contributed by atoms with van der Waals surface area (Å²) >= 11 is 0. The number of nitrogens with zero attached hydrogens (tertiary/aromatic N) is 3. The molecule has 2 heterocycles. The largest absolute Gasteiger partial charge is 0.281 e. The van der Waals surface area contributed by atoms with Gasteiger partial charge in [0.2, 0.25) is 14.9 Å². The zero-order chi connectivity index (χ0) is 19.4. The third-order valence-corrected chi connectivity index (χ3v) is 6.20. The van der Waals surface area contributed by atoms with Crippen LogP contribution in [0.5, 0.6) is 0 Å². The molecule has 0 atom stereocenters. The van der Waals surface area contributed by atoms with Crippen molar-refractivity contribution in [3.8, 4) is 0 Å². The van der Waals surface area contributed by atoms with Gasteiger partial charge in [0.1, 0.15) is 0 Å². The highest BCUT2D eigenvalue weighted by Gasteiger charge is 2.26. The molecule has 0 spiro atoms. The van der Waals surface area contributed by atoms with Gasteiger partial charge >= 0.3 is 0 Å². The van der Waals surface area contributed by atoms with Gasteiger partial charge in [-0.3, -0.25) is 4.79 Å². The van der Waals surface area contributed by atoms with Crippen LogP contribution in [0.4, 0.5) is 0 Å². The van der Waals surface area contributed by atoms with Crippen LogP contribution < -0.4 is 5.56 Å². The first-order chi connectivity index (χ1) is 12.7. The molecule has 0 unspecified atom stereocenters. The fraction of sp³-hybridized carbons (Fsp3) is 0.211. The van der Waals surface area contributed by atoms with E-state index in [1.54, 1.807) is 48.5 Å². The number of nitrogens with one attached hydrogen (secondary N) is 1. The maximum absolute atomic E-state index is 13.1. The fourth-order valence-corrected chi connectivity index (χ4v) is 4.24. The monoisotopic (exact) mass is 382 g/mol. The Labute approximate surface area is 155 Å². The molecule has 4 aromatic rings. The predicted octanol–water partition coefficient (Wildman–Crippen LogP) is 2.70. The summed E-state index contributed by atoms with van der Waals surface area (Å²) in [5, 5.41) is 6.73. The van der Waals surface area contributed by atoms with Crippen molar-refractivity contribution in [2.24, 2.45) is 0 Å². The van der Waals surface area contributed by atoms with Gasteiger partial charge in [0.25, 0.3) is 5.56 Å². The topological polar surface area (TPSA) is 97.2 Å². The van der Waals surface area contributed by atoms with E-state index in [0.717, 1.165) is 5.56 Å². The summed E-state index contributed by atoms with van der Waals surface area (Å²) < 4.78 is 27.6. The number of aromatic amines is 1. The molecule has 0 aliphatic carbocycles. The molecule has 2 aromatic heterocycles. The van der Waals surface area contributed by atoms with Crippen LogP contribution >= 0.6 is 0 Å². The quantitative estimate of drug-likeness (QED) is 0.575. The van der Waals surface area contributed by atoms with Crippen molar-refractivity contribution in [3.05, 3.63) is 64.4 Å². The molecule has 0 fully saturated rings. The zero-order valence-corrected chi connectivity index (χ0v) is 15.9. The van der Waals surface area contributed by atoms with Gasteiger partial charge in [0, 0.05) is 0 Å². The number of hydrogen-bond donors (Lipinski definition) is 1. The van der Waals surface area contributed by atoms with Crippen LogP contribution in [0, 0.1) is 0 Å². The van der Waals surface area contributed by atoms with Gasteiger partial charge in [-0.15, -0.1) is 5.10 Å². The van der Waals surface area contributed by atoms with Gasteiger partial charge in [-0.25, -0.2) is 18.1 Å². The Kier molecular flexibility index (Phi) is 3.71. The van der Waals surface area contributed by atoms with Gasteiger partial charge in [0.05, 0.1) is 15.8 Å².